The minimum Gasteiger partial charge on any atom is -0.487 e. The van der Waals surface area contributed by atoms with Crippen molar-refractivity contribution < 1.29 is 22.7 Å². The minimum absolute atomic E-state index is 0.0185. The molecule has 2 unspecified atom stereocenters. The van der Waals surface area contributed by atoms with E-state index >= 15 is 0 Å². The van der Waals surface area contributed by atoms with E-state index in [2.05, 4.69) is 23.7 Å². The summed E-state index contributed by atoms with van der Waals surface area (Å²) in [6.07, 6.45) is -3.24. The van der Waals surface area contributed by atoms with Gasteiger partial charge >= 0.3 is 6.18 Å². The van der Waals surface area contributed by atoms with E-state index < -0.39 is 18.1 Å². The maximum Gasteiger partial charge on any atom is 0.408 e. The van der Waals surface area contributed by atoms with Crippen molar-refractivity contribution in [2.75, 3.05) is 19.6 Å². The van der Waals surface area contributed by atoms with Crippen molar-refractivity contribution in [2.45, 2.75) is 57.5 Å². The predicted molar refractivity (Wildman–Crippen MR) is 108 cm³/mol. The summed E-state index contributed by atoms with van der Waals surface area (Å²) in [5.41, 5.74) is 0.527. The fourth-order valence-electron chi connectivity index (χ4n) is 4.33. The van der Waals surface area contributed by atoms with E-state index in [1.807, 2.05) is 12.1 Å². The number of fused-ring (bicyclic) bond motifs is 1. The Kier molecular flexibility index (Phi) is 5.61. The Morgan fingerprint density at radius 1 is 1.17 bits per heavy atom. The van der Waals surface area contributed by atoms with E-state index in [-0.39, 0.29) is 24.8 Å². The molecule has 8 heteroatoms. The Labute approximate surface area is 173 Å². The highest BCUT2D eigenvalue weighted by Gasteiger charge is 2.48. The minimum atomic E-state index is -4.43. The van der Waals surface area contributed by atoms with Gasteiger partial charge in [0, 0.05) is 31.1 Å². The lowest BCUT2D eigenvalue weighted by molar-refractivity contribution is -0.169. The number of benzene rings is 1. The normalized spacial score (nSPS) is 22.9. The standard InChI is InChI=1S/C22H26F3N3O2/c1-14(2)27-12-10-16(13-27)30-18-6-3-5-15-8-9-17(26-20(15)18)21(29)28-11-4-7-19(28)22(23,24)25/h3,5-6,8-9,14,16,19H,4,7,10-13H2,1-2H3. The zero-order chi connectivity index (χ0) is 21.5. The smallest absolute Gasteiger partial charge is 0.408 e. The Bertz CT molecular complexity index is 931. The molecule has 0 saturated carbocycles. The first-order valence-corrected chi connectivity index (χ1v) is 10.4. The van der Waals surface area contributed by atoms with Crippen molar-refractivity contribution in [3.8, 4) is 5.75 Å². The van der Waals surface area contributed by atoms with Crippen LogP contribution < -0.4 is 4.74 Å². The lowest BCUT2D eigenvalue weighted by Gasteiger charge is -2.26. The number of pyridine rings is 1. The molecule has 3 heterocycles. The highest BCUT2D eigenvalue weighted by molar-refractivity contribution is 5.96. The van der Waals surface area contributed by atoms with Crippen molar-refractivity contribution in [3.63, 3.8) is 0 Å². The molecule has 0 N–H and O–H groups in total. The van der Waals surface area contributed by atoms with Crippen LogP contribution in [0.1, 0.15) is 43.6 Å². The summed E-state index contributed by atoms with van der Waals surface area (Å²) < 4.78 is 46.0. The van der Waals surface area contributed by atoms with E-state index in [1.54, 1.807) is 12.1 Å². The second-order valence-electron chi connectivity index (χ2n) is 8.34. The van der Waals surface area contributed by atoms with Gasteiger partial charge in [-0.3, -0.25) is 9.69 Å². The van der Waals surface area contributed by atoms with Crippen LogP contribution in [0.5, 0.6) is 5.75 Å². The topological polar surface area (TPSA) is 45.7 Å². The van der Waals surface area contributed by atoms with Gasteiger partial charge in [-0.15, -0.1) is 0 Å². The number of aromatic nitrogens is 1. The van der Waals surface area contributed by atoms with Gasteiger partial charge < -0.3 is 9.64 Å². The summed E-state index contributed by atoms with van der Waals surface area (Å²) in [5, 5.41) is 0.788. The number of halogens is 3. The van der Waals surface area contributed by atoms with E-state index in [4.69, 9.17) is 4.74 Å². The van der Waals surface area contributed by atoms with Gasteiger partial charge in [-0.05, 0) is 45.2 Å². The zero-order valence-electron chi connectivity index (χ0n) is 17.2. The van der Waals surface area contributed by atoms with Gasteiger partial charge in [0.05, 0.1) is 0 Å². The first-order chi connectivity index (χ1) is 14.2. The Hall–Kier alpha value is -2.35. The third-order valence-electron chi connectivity index (χ3n) is 5.99. The molecule has 1 amide bonds. The van der Waals surface area contributed by atoms with Crippen LogP contribution in [0.4, 0.5) is 13.2 Å². The molecule has 1 aromatic heterocycles. The van der Waals surface area contributed by atoms with Crippen molar-refractivity contribution >= 4 is 16.8 Å². The number of carbonyl (C=O) groups is 1. The molecule has 4 rings (SSSR count). The van der Waals surface area contributed by atoms with Crippen LogP contribution in [-0.4, -0.2) is 64.7 Å². The summed E-state index contributed by atoms with van der Waals surface area (Å²) in [6, 6.07) is 7.43. The van der Waals surface area contributed by atoms with E-state index in [9.17, 15) is 18.0 Å². The van der Waals surface area contributed by atoms with Crippen molar-refractivity contribution in [3.05, 3.63) is 36.0 Å². The van der Waals surface area contributed by atoms with Crippen LogP contribution in [0.2, 0.25) is 0 Å². The van der Waals surface area contributed by atoms with Crippen LogP contribution >= 0.6 is 0 Å². The molecular weight excluding hydrogens is 395 g/mol. The Morgan fingerprint density at radius 2 is 1.97 bits per heavy atom. The number of amides is 1. The lowest BCUT2D eigenvalue weighted by atomic mass is 10.1. The highest BCUT2D eigenvalue weighted by atomic mass is 19.4. The van der Waals surface area contributed by atoms with Crippen LogP contribution in [0, 0.1) is 0 Å². The third kappa shape index (κ3) is 4.10. The van der Waals surface area contributed by atoms with Gasteiger partial charge in [-0.1, -0.05) is 18.2 Å². The van der Waals surface area contributed by atoms with Crippen molar-refractivity contribution in [1.82, 2.24) is 14.8 Å². The number of hydrogen-bond acceptors (Lipinski definition) is 4. The fourth-order valence-corrected chi connectivity index (χ4v) is 4.33. The number of likely N-dealkylation sites (tertiary alicyclic amines) is 2. The first kappa shape index (κ1) is 20.9. The third-order valence-corrected chi connectivity index (χ3v) is 5.99. The molecule has 2 saturated heterocycles. The van der Waals surface area contributed by atoms with Gasteiger partial charge in [-0.25, -0.2) is 4.98 Å². The summed E-state index contributed by atoms with van der Waals surface area (Å²) >= 11 is 0. The first-order valence-electron chi connectivity index (χ1n) is 10.4. The van der Waals surface area contributed by atoms with Crippen molar-refractivity contribution in [1.29, 1.82) is 0 Å². The molecule has 0 radical (unpaired) electrons. The van der Waals surface area contributed by atoms with Crippen LogP contribution in [0.25, 0.3) is 10.9 Å². The average Bonchev–Trinajstić information content (AvgIpc) is 3.37. The number of hydrogen-bond donors (Lipinski definition) is 0. The van der Waals surface area contributed by atoms with Gasteiger partial charge in [-0.2, -0.15) is 13.2 Å². The molecule has 2 aliphatic heterocycles. The number of nitrogens with zero attached hydrogens (tertiary/aromatic N) is 3. The number of alkyl halides is 3. The van der Waals surface area contributed by atoms with E-state index in [0.717, 1.165) is 29.8 Å². The molecule has 1 aromatic carbocycles. The summed E-state index contributed by atoms with van der Waals surface area (Å²) in [5.74, 6) is -0.120. The van der Waals surface area contributed by atoms with Crippen LogP contribution in [-0.2, 0) is 0 Å². The maximum absolute atomic E-state index is 13.3. The molecule has 30 heavy (non-hydrogen) atoms. The monoisotopic (exact) mass is 421 g/mol. The van der Waals surface area contributed by atoms with Crippen molar-refractivity contribution in [2.24, 2.45) is 0 Å². The van der Waals surface area contributed by atoms with E-state index in [1.165, 1.54) is 6.07 Å². The molecule has 0 aliphatic carbocycles. The molecule has 162 valence electrons. The molecule has 2 fully saturated rings. The highest BCUT2D eigenvalue weighted by Crippen LogP contribution is 2.34. The average molecular weight is 421 g/mol. The molecule has 2 atom stereocenters. The van der Waals surface area contributed by atoms with Crippen LogP contribution in [0.3, 0.4) is 0 Å². The lowest BCUT2D eigenvalue weighted by Crippen LogP contribution is -2.44. The Balaban J connectivity index is 1.59. The van der Waals surface area contributed by atoms with Gasteiger partial charge in [0.2, 0.25) is 0 Å². The SMILES string of the molecule is CC(C)N1CCC(Oc2cccc3ccc(C(=O)N4CCCC4C(F)(F)F)nc23)C1. The molecule has 0 bridgehead atoms. The zero-order valence-corrected chi connectivity index (χ0v) is 17.2. The predicted octanol–water partition coefficient (Wildman–Crippen LogP) is 4.26. The molecule has 2 aliphatic rings. The Morgan fingerprint density at radius 3 is 2.67 bits per heavy atom. The number of ether oxygens (including phenoxy) is 1. The summed E-state index contributed by atoms with van der Waals surface area (Å²) in [6.45, 7) is 6.15. The fraction of sp³-hybridized carbons (Fsp3) is 0.545. The number of para-hydroxylation sites is 1. The molecule has 5 nitrogen and oxygen atoms in total. The second-order valence-corrected chi connectivity index (χ2v) is 8.34. The van der Waals surface area contributed by atoms with Gasteiger partial charge in [0.15, 0.2) is 0 Å². The molecular formula is C22H26F3N3O2. The number of rotatable bonds is 4. The van der Waals surface area contributed by atoms with E-state index in [0.29, 0.717) is 23.7 Å². The molecule has 0 spiro atoms. The summed E-state index contributed by atoms with van der Waals surface area (Å²) in [7, 11) is 0. The van der Waals surface area contributed by atoms with Gasteiger partial charge in [0.1, 0.15) is 29.1 Å². The van der Waals surface area contributed by atoms with Crippen LogP contribution in [0.15, 0.2) is 30.3 Å². The second kappa shape index (κ2) is 8.06. The largest absolute Gasteiger partial charge is 0.487 e. The van der Waals surface area contributed by atoms with Gasteiger partial charge in [0.25, 0.3) is 5.91 Å². The quantitative estimate of drug-likeness (QED) is 0.740. The molecule has 2 aromatic rings. The number of carbonyl (C=O) groups excluding carboxylic acids is 1. The summed E-state index contributed by atoms with van der Waals surface area (Å²) in [4.78, 5) is 20.5. The maximum atomic E-state index is 13.3.